The van der Waals surface area contributed by atoms with Gasteiger partial charge in [0.2, 0.25) is 5.95 Å². The third-order valence-corrected chi connectivity index (χ3v) is 4.91. The first-order valence-corrected chi connectivity index (χ1v) is 9.32. The van der Waals surface area contributed by atoms with Crippen LogP contribution >= 0.6 is 0 Å². The van der Waals surface area contributed by atoms with Crippen LogP contribution in [0.3, 0.4) is 0 Å². The van der Waals surface area contributed by atoms with Crippen LogP contribution in [0.4, 0.5) is 20.5 Å². The molecule has 3 aromatic heterocycles. The zero-order valence-corrected chi connectivity index (χ0v) is 15.7. The third-order valence-electron chi connectivity index (χ3n) is 4.91. The van der Waals surface area contributed by atoms with Gasteiger partial charge < -0.3 is 15.2 Å². The fourth-order valence-electron chi connectivity index (χ4n) is 3.34. The second kappa shape index (κ2) is 7.50. The van der Waals surface area contributed by atoms with Crippen molar-refractivity contribution in [3.05, 3.63) is 65.7 Å². The number of nitrogens with one attached hydrogen (secondary N) is 3. The number of nitrogens with zero attached hydrogens (tertiary/aromatic N) is 6. The van der Waals surface area contributed by atoms with E-state index < -0.39 is 11.6 Å². The van der Waals surface area contributed by atoms with Crippen LogP contribution in [-0.2, 0) is 6.54 Å². The molecule has 0 unspecified atom stereocenters. The molecule has 0 radical (unpaired) electrons. The van der Waals surface area contributed by atoms with Gasteiger partial charge in [0.05, 0.1) is 18.1 Å². The van der Waals surface area contributed by atoms with E-state index in [9.17, 15) is 8.78 Å². The second-order valence-corrected chi connectivity index (χ2v) is 7.01. The maximum absolute atomic E-state index is 13.3. The zero-order chi connectivity index (χ0) is 20.5. The Kier molecular flexibility index (Phi) is 4.54. The first-order chi connectivity index (χ1) is 14.6. The third kappa shape index (κ3) is 3.69. The van der Waals surface area contributed by atoms with Crippen molar-refractivity contribution in [3.8, 4) is 11.5 Å². The Morgan fingerprint density at radius 3 is 2.70 bits per heavy atom. The van der Waals surface area contributed by atoms with Gasteiger partial charge in [-0.1, -0.05) is 0 Å². The molecule has 4 heterocycles. The summed E-state index contributed by atoms with van der Waals surface area (Å²) in [6.07, 6.45) is 5.11. The molecule has 4 aromatic rings. The molecule has 1 fully saturated rings. The molecule has 0 saturated carbocycles. The fourth-order valence-corrected chi connectivity index (χ4v) is 3.34. The molecular weight excluding hydrogens is 392 g/mol. The van der Waals surface area contributed by atoms with Gasteiger partial charge in [0.1, 0.15) is 23.1 Å². The van der Waals surface area contributed by atoms with Gasteiger partial charge in [0.15, 0.2) is 5.82 Å². The highest BCUT2D eigenvalue weighted by molar-refractivity contribution is 5.56. The van der Waals surface area contributed by atoms with E-state index in [1.165, 1.54) is 12.1 Å². The van der Waals surface area contributed by atoms with Crippen molar-refractivity contribution in [1.29, 1.82) is 0 Å². The van der Waals surface area contributed by atoms with Gasteiger partial charge >= 0.3 is 0 Å². The molecule has 0 aliphatic carbocycles. The highest BCUT2D eigenvalue weighted by Gasteiger charge is 2.31. The van der Waals surface area contributed by atoms with Crippen molar-refractivity contribution in [2.75, 3.05) is 23.3 Å². The highest BCUT2D eigenvalue weighted by atomic mass is 19.1. The number of anilines is 2. The lowest BCUT2D eigenvalue weighted by atomic mass is 9.97. The van der Waals surface area contributed by atoms with Crippen molar-refractivity contribution >= 4 is 11.8 Å². The lowest BCUT2D eigenvalue weighted by Crippen LogP contribution is -2.45. The summed E-state index contributed by atoms with van der Waals surface area (Å²) in [5, 5.41) is 13.6. The van der Waals surface area contributed by atoms with E-state index in [0.29, 0.717) is 28.9 Å². The molecule has 0 spiro atoms. The van der Waals surface area contributed by atoms with E-state index in [2.05, 4.69) is 45.6 Å². The number of hydrogen-bond acceptors (Lipinski definition) is 7. The smallest absolute Gasteiger partial charge is 0.223 e. The van der Waals surface area contributed by atoms with Crippen molar-refractivity contribution in [2.24, 2.45) is 0 Å². The first-order valence-electron chi connectivity index (χ1n) is 9.32. The van der Waals surface area contributed by atoms with Crippen LogP contribution in [0.25, 0.3) is 11.5 Å². The molecule has 0 atom stereocenters. The number of benzene rings is 1. The number of hydrogen-bond donors (Lipinski definition) is 3. The summed E-state index contributed by atoms with van der Waals surface area (Å²) in [5.41, 5.74) is 2.02. The van der Waals surface area contributed by atoms with Crippen LogP contribution in [0.15, 0.2) is 42.9 Å². The molecule has 3 N–H and O–H groups in total. The fraction of sp³-hybridized carbons (Fsp3) is 0.211. The van der Waals surface area contributed by atoms with Gasteiger partial charge in [-0.25, -0.2) is 23.7 Å². The second-order valence-electron chi connectivity index (χ2n) is 7.01. The summed E-state index contributed by atoms with van der Waals surface area (Å²) in [6.45, 7) is 1.85. The zero-order valence-electron chi connectivity index (χ0n) is 15.7. The lowest BCUT2D eigenvalue weighted by molar-refractivity contribution is 0.509. The Morgan fingerprint density at radius 2 is 1.93 bits per heavy atom. The molecular formula is C19H17F2N9. The van der Waals surface area contributed by atoms with Gasteiger partial charge in [-0.2, -0.15) is 15.4 Å². The SMILES string of the molecule is Fc1cc(F)cc(CNc2nccc(-c3ncc(N4CC(c5cn[nH]n5)C4)[nH]3)n2)c1. The molecule has 1 aromatic carbocycles. The topological polar surface area (TPSA) is 111 Å². The van der Waals surface area contributed by atoms with Crippen molar-refractivity contribution in [3.63, 3.8) is 0 Å². The van der Waals surface area contributed by atoms with E-state index >= 15 is 0 Å². The van der Waals surface area contributed by atoms with Gasteiger partial charge in [-0.05, 0) is 23.8 Å². The average Bonchev–Trinajstić information content (AvgIpc) is 3.38. The van der Waals surface area contributed by atoms with E-state index in [-0.39, 0.29) is 6.54 Å². The van der Waals surface area contributed by atoms with Crippen LogP contribution in [0.5, 0.6) is 0 Å². The normalized spacial score (nSPS) is 14.0. The summed E-state index contributed by atoms with van der Waals surface area (Å²) in [4.78, 5) is 18.4. The van der Waals surface area contributed by atoms with Gasteiger partial charge in [0.25, 0.3) is 0 Å². The molecule has 1 saturated heterocycles. The maximum Gasteiger partial charge on any atom is 0.223 e. The Bertz CT molecular complexity index is 1130. The van der Waals surface area contributed by atoms with E-state index in [0.717, 1.165) is 30.7 Å². The minimum Gasteiger partial charge on any atom is -0.355 e. The lowest BCUT2D eigenvalue weighted by Gasteiger charge is -2.38. The Labute approximate surface area is 169 Å². The minimum absolute atomic E-state index is 0.193. The van der Waals surface area contributed by atoms with E-state index in [1.807, 2.05) is 0 Å². The average molecular weight is 409 g/mol. The Morgan fingerprint density at radius 1 is 1.10 bits per heavy atom. The monoisotopic (exact) mass is 409 g/mol. The van der Waals surface area contributed by atoms with Crippen LogP contribution in [0.2, 0.25) is 0 Å². The Balaban J connectivity index is 1.24. The highest BCUT2D eigenvalue weighted by Crippen LogP contribution is 2.30. The summed E-state index contributed by atoms with van der Waals surface area (Å²) in [5.74, 6) is 0.941. The van der Waals surface area contributed by atoms with Crippen LogP contribution in [-0.4, -0.2) is 48.4 Å². The molecule has 152 valence electrons. The van der Waals surface area contributed by atoms with Crippen LogP contribution < -0.4 is 10.2 Å². The van der Waals surface area contributed by atoms with E-state index in [1.54, 1.807) is 24.7 Å². The van der Waals surface area contributed by atoms with Gasteiger partial charge in [-0.15, -0.1) is 0 Å². The molecule has 0 amide bonds. The van der Waals surface area contributed by atoms with Gasteiger partial charge in [-0.3, -0.25) is 0 Å². The largest absolute Gasteiger partial charge is 0.355 e. The van der Waals surface area contributed by atoms with Crippen molar-refractivity contribution < 1.29 is 8.78 Å². The summed E-state index contributed by atoms with van der Waals surface area (Å²) < 4.78 is 26.6. The molecule has 30 heavy (non-hydrogen) atoms. The summed E-state index contributed by atoms with van der Waals surface area (Å²) in [6, 6.07) is 5.10. The first kappa shape index (κ1) is 18.2. The quantitative estimate of drug-likeness (QED) is 0.449. The number of halogens is 2. The molecule has 11 heteroatoms. The predicted octanol–water partition coefficient (Wildman–Crippen LogP) is 2.48. The number of H-pyrrole nitrogens is 2. The van der Waals surface area contributed by atoms with Crippen molar-refractivity contribution in [1.82, 2.24) is 35.3 Å². The molecule has 9 nitrogen and oxygen atoms in total. The molecule has 0 bridgehead atoms. The molecule has 5 rings (SSSR count). The number of aromatic nitrogens is 7. The minimum atomic E-state index is -0.624. The molecule has 1 aliphatic rings. The maximum atomic E-state index is 13.3. The standard InChI is InChI=1S/C19H17F2N9/c20-13-3-11(4-14(21)5-13)6-24-19-22-2-1-15(26-19)18-23-8-17(27-18)30-9-12(10-30)16-7-25-29-28-16/h1-5,7-8,12H,6,9-10H2,(H,23,27)(H,22,24,26)(H,25,28,29). The number of imidazole rings is 1. The van der Waals surface area contributed by atoms with Crippen molar-refractivity contribution in [2.45, 2.75) is 12.5 Å². The van der Waals surface area contributed by atoms with Crippen LogP contribution in [0.1, 0.15) is 17.2 Å². The predicted molar refractivity (Wildman–Crippen MR) is 105 cm³/mol. The van der Waals surface area contributed by atoms with Crippen LogP contribution in [0, 0.1) is 11.6 Å². The number of aromatic amines is 2. The molecule has 1 aliphatic heterocycles. The Hall–Kier alpha value is -3.89. The summed E-state index contributed by atoms with van der Waals surface area (Å²) >= 11 is 0. The van der Waals surface area contributed by atoms with Gasteiger partial charge in [0, 0.05) is 37.8 Å². The van der Waals surface area contributed by atoms with E-state index in [4.69, 9.17) is 0 Å². The summed E-state index contributed by atoms with van der Waals surface area (Å²) in [7, 11) is 0. The number of rotatable bonds is 6.